The number of hydrogen-bond donors (Lipinski definition) is 0. The first-order valence-electron chi connectivity index (χ1n) is 7.62. The predicted molar refractivity (Wildman–Crippen MR) is 88.5 cm³/mol. The van der Waals surface area contributed by atoms with Crippen molar-refractivity contribution in [2.45, 2.75) is 18.3 Å². The van der Waals surface area contributed by atoms with Crippen LogP contribution in [0, 0.1) is 11.3 Å². The number of nitrogens with zero attached hydrogens (tertiary/aromatic N) is 3. The van der Waals surface area contributed by atoms with Crippen molar-refractivity contribution in [2.75, 3.05) is 0 Å². The summed E-state index contributed by atoms with van der Waals surface area (Å²) >= 11 is 6.04. The van der Waals surface area contributed by atoms with Gasteiger partial charge in [-0.25, -0.2) is 9.97 Å². The van der Waals surface area contributed by atoms with Crippen LogP contribution in [-0.2, 0) is 12.4 Å². The molecule has 0 radical (unpaired) electrons. The minimum Gasteiger partial charge on any atom is -0.231 e. The summed E-state index contributed by atoms with van der Waals surface area (Å²) in [6.07, 6.45) is -10.1. The van der Waals surface area contributed by atoms with Gasteiger partial charge in [0, 0.05) is 10.4 Å². The molecule has 0 fully saturated rings. The van der Waals surface area contributed by atoms with Crippen molar-refractivity contribution in [1.82, 2.24) is 9.97 Å². The van der Waals surface area contributed by atoms with Crippen LogP contribution < -0.4 is 0 Å². The third kappa shape index (κ3) is 3.73. The summed E-state index contributed by atoms with van der Waals surface area (Å²) in [4.78, 5) is 7.06. The number of nitriles is 1. The summed E-state index contributed by atoms with van der Waals surface area (Å²) < 4.78 is 78.7. The van der Waals surface area contributed by atoms with Crippen molar-refractivity contribution in [3.63, 3.8) is 0 Å². The van der Waals surface area contributed by atoms with E-state index in [-0.39, 0.29) is 16.8 Å². The summed E-state index contributed by atoms with van der Waals surface area (Å²) in [5.41, 5.74) is -3.73. The lowest BCUT2D eigenvalue weighted by Crippen LogP contribution is -2.14. The molecule has 2 aromatic heterocycles. The monoisotopic (exact) mass is 415 g/mol. The van der Waals surface area contributed by atoms with Crippen LogP contribution in [0.15, 0.2) is 42.5 Å². The molecule has 0 amide bonds. The molecule has 2 heterocycles. The minimum atomic E-state index is -5.09. The van der Waals surface area contributed by atoms with Crippen molar-refractivity contribution in [3.05, 3.63) is 70.0 Å². The van der Waals surface area contributed by atoms with Crippen molar-refractivity contribution in [2.24, 2.45) is 0 Å². The SMILES string of the molecule is N#C[C@@H](c1ccc2c(C(F)(F)F)cc(C(F)(F)F)nc2n1)c1ccccc1Cl. The lowest BCUT2D eigenvalue weighted by Gasteiger charge is -2.15. The maximum absolute atomic E-state index is 13.2. The molecule has 0 bridgehead atoms. The fourth-order valence-electron chi connectivity index (χ4n) is 2.66. The Hall–Kier alpha value is -2.86. The molecule has 0 N–H and O–H groups in total. The van der Waals surface area contributed by atoms with E-state index in [1.165, 1.54) is 12.1 Å². The normalized spacial score (nSPS) is 13.4. The predicted octanol–water partition coefficient (Wildman–Crippen LogP) is 5.98. The quantitative estimate of drug-likeness (QED) is 0.484. The van der Waals surface area contributed by atoms with Gasteiger partial charge in [-0.1, -0.05) is 29.8 Å². The topological polar surface area (TPSA) is 49.6 Å². The highest BCUT2D eigenvalue weighted by Gasteiger charge is 2.39. The Morgan fingerprint density at radius 1 is 0.929 bits per heavy atom. The van der Waals surface area contributed by atoms with Gasteiger partial charge in [-0.2, -0.15) is 31.6 Å². The molecule has 0 aliphatic heterocycles. The van der Waals surface area contributed by atoms with Crippen molar-refractivity contribution in [1.29, 1.82) is 5.26 Å². The summed E-state index contributed by atoms with van der Waals surface area (Å²) in [5.74, 6) is -1.09. The van der Waals surface area contributed by atoms with Crippen LogP contribution in [0.25, 0.3) is 11.0 Å². The van der Waals surface area contributed by atoms with Gasteiger partial charge in [0.05, 0.1) is 17.3 Å². The third-order valence-corrected chi connectivity index (χ3v) is 4.28. The lowest BCUT2D eigenvalue weighted by molar-refractivity contribution is -0.144. The number of fused-ring (bicyclic) bond motifs is 1. The van der Waals surface area contributed by atoms with Crippen LogP contribution >= 0.6 is 11.6 Å². The Morgan fingerprint density at radius 2 is 1.61 bits per heavy atom. The first-order valence-corrected chi connectivity index (χ1v) is 8.00. The van der Waals surface area contributed by atoms with Crippen LogP contribution in [0.5, 0.6) is 0 Å². The molecule has 0 saturated heterocycles. The van der Waals surface area contributed by atoms with E-state index in [1.807, 2.05) is 6.07 Å². The Morgan fingerprint density at radius 3 is 2.18 bits per heavy atom. The number of pyridine rings is 2. The van der Waals surface area contributed by atoms with E-state index in [4.69, 9.17) is 11.6 Å². The van der Waals surface area contributed by atoms with Crippen LogP contribution in [0.3, 0.4) is 0 Å². The fourth-order valence-corrected chi connectivity index (χ4v) is 2.91. The van der Waals surface area contributed by atoms with Crippen molar-refractivity contribution >= 4 is 22.6 Å². The molecule has 0 aliphatic carbocycles. The molecule has 1 aromatic carbocycles. The maximum atomic E-state index is 13.2. The zero-order valence-corrected chi connectivity index (χ0v) is 14.4. The Balaban J connectivity index is 2.26. The van der Waals surface area contributed by atoms with E-state index in [1.54, 1.807) is 12.1 Å². The summed E-state index contributed by atoms with van der Waals surface area (Å²) in [5, 5.41) is 9.08. The molecule has 1 atom stereocenters. The summed E-state index contributed by atoms with van der Waals surface area (Å²) in [7, 11) is 0. The maximum Gasteiger partial charge on any atom is 0.433 e. The molecule has 3 aromatic rings. The van der Waals surface area contributed by atoms with E-state index in [0.717, 1.165) is 12.1 Å². The summed E-state index contributed by atoms with van der Waals surface area (Å²) in [6, 6.07) is 10.2. The van der Waals surface area contributed by atoms with Gasteiger partial charge in [-0.05, 0) is 29.8 Å². The highest BCUT2D eigenvalue weighted by atomic mass is 35.5. The standard InChI is InChI=1S/C18H8ClF6N3/c19-13-4-2-1-3-9(13)11(8-26)14-6-5-10-12(17(20,21)22)7-15(18(23,24)25)28-16(10)27-14/h1-7,11H/t11-/m1/s1. The Labute approximate surface area is 159 Å². The molecule has 28 heavy (non-hydrogen) atoms. The number of rotatable bonds is 2. The number of alkyl halides is 6. The smallest absolute Gasteiger partial charge is 0.231 e. The first kappa shape index (κ1) is 19.9. The van der Waals surface area contributed by atoms with Gasteiger partial charge in [0.15, 0.2) is 5.65 Å². The molecule has 0 saturated carbocycles. The van der Waals surface area contributed by atoms with Gasteiger partial charge in [0.1, 0.15) is 11.6 Å². The third-order valence-electron chi connectivity index (χ3n) is 3.93. The molecule has 0 spiro atoms. The zero-order valence-electron chi connectivity index (χ0n) is 13.6. The van der Waals surface area contributed by atoms with Crippen LogP contribution in [0.4, 0.5) is 26.3 Å². The lowest BCUT2D eigenvalue weighted by atomic mass is 9.96. The van der Waals surface area contributed by atoms with E-state index in [9.17, 15) is 31.6 Å². The first-order chi connectivity index (χ1) is 13.0. The number of halogens is 7. The second-order valence-corrected chi connectivity index (χ2v) is 6.15. The van der Waals surface area contributed by atoms with Gasteiger partial charge in [-0.15, -0.1) is 0 Å². The van der Waals surface area contributed by atoms with Crippen LogP contribution in [0.1, 0.15) is 28.4 Å². The van der Waals surface area contributed by atoms with Gasteiger partial charge in [0.25, 0.3) is 0 Å². The Bertz CT molecular complexity index is 1090. The molecule has 144 valence electrons. The molecule has 3 nitrogen and oxygen atoms in total. The zero-order chi connectivity index (χ0) is 20.7. The second-order valence-electron chi connectivity index (χ2n) is 5.74. The van der Waals surface area contributed by atoms with Gasteiger partial charge < -0.3 is 0 Å². The van der Waals surface area contributed by atoms with Crippen LogP contribution in [0.2, 0.25) is 5.02 Å². The Kier molecular flexibility index (Phi) is 4.93. The number of hydrogen-bond acceptors (Lipinski definition) is 3. The van der Waals surface area contributed by atoms with E-state index < -0.39 is 40.6 Å². The number of benzene rings is 1. The molecule has 3 rings (SSSR count). The van der Waals surface area contributed by atoms with Crippen molar-refractivity contribution < 1.29 is 26.3 Å². The average molecular weight is 416 g/mol. The molecular weight excluding hydrogens is 408 g/mol. The van der Waals surface area contributed by atoms with Gasteiger partial charge in [0.2, 0.25) is 0 Å². The largest absolute Gasteiger partial charge is 0.433 e. The molecular formula is C18H8ClF6N3. The summed E-state index contributed by atoms with van der Waals surface area (Å²) in [6.45, 7) is 0. The van der Waals surface area contributed by atoms with Gasteiger partial charge in [-0.3, -0.25) is 0 Å². The molecule has 10 heteroatoms. The highest BCUT2D eigenvalue weighted by Crippen LogP contribution is 2.39. The van der Waals surface area contributed by atoms with Crippen molar-refractivity contribution in [3.8, 4) is 6.07 Å². The fraction of sp³-hybridized carbons (Fsp3) is 0.167. The second kappa shape index (κ2) is 6.95. The average Bonchev–Trinajstić information content (AvgIpc) is 2.61. The van der Waals surface area contributed by atoms with E-state index >= 15 is 0 Å². The highest BCUT2D eigenvalue weighted by molar-refractivity contribution is 6.31. The van der Waals surface area contributed by atoms with E-state index in [2.05, 4.69) is 9.97 Å². The van der Waals surface area contributed by atoms with Gasteiger partial charge >= 0.3 is 12.4 Å². The minimum absolute atomic E-state index is 0.0560. The van der Waals surface area contributed by atoms with E-state index in [0.29, 0.717) is 5.56 Å². The van der Waals surface area contributed by atoms with Crippen LogP contribution in [-0.4, -0.2) is 9.97 Å². The number of aromatic nitrogens is 2. The molecule has 0 unspecified atom stereocenters. The molecule has 0 aliphatic rings.